The molecular formula is C20H18FN5O3S. The van der Waals surface area contributed by atoms with Gasteiger partial charge in [0.1, 0.15) is 27.9 Å². The molecule has 0 amide bonds. The molecule has 1 aliphatic heterocycles. The minimum atomic E-state index is -3.56. The van der Waals surface area contributed by atoms with E-state index in [0.717, 1.165) is 10.8 Å². The molecule has 1 saturated heterocycles. The zero-order valence-corrected chi connectivity index (χ0v) is 16.6. The molecule has 4 aromatic rings. The van der Waals surface area contributed by atoms with Crippen molar-refractivity contribution in [3.05, 3.63) is 54.6 Å². The topological polar surface area (TPSA) is 100 Å². The predicted octanol–water partition coefficient (Wildman–Crippen LogP) is 2.85. The standard InChI is InChI=1S/C20H18FN5O3S/c21-13-1-3-15-16-10-20(24-12-18(16)29-17(15)9-13)25-19-4-2-14(11-23-19)30(27,28)26-7-5-22-6-8-26/h1-4,9-12,22H,5-8H2,(H,23,24,25). The van der Waals surface area contributed by atoms with E-state index in [0.29, 0.717) is 49.0 Å². The van der Waals surface area contributed by atoms with E-state index < -0.39 is 10.0 Å². The number of hydrogen-bond acceptors (Lipinski definition) is 7. The molecule has 0 unspecified atom stereocenters. The van der Waals surface area contributed by atoms with E-state index in [1.807, 2.05) is 0 Å². The van der Waals surface area contributed by atoms with Crippen molar-refractivity contribution in [3.63, 3.8) is 0 Å². The Balaban J connectivity index is 1.40. The number of fused-ring (bicyclic) bond motifs is 3. The zero-order chi connectivity index (χ0) is 20.7. The van der Waals surface area contributed by atoms with Crippen LogP contribution in [-0.2, 0) is 10.0 Å². The van der Waals surface area contributed by atoms with Gasteiger partial charge in [0.15, 0.2) is 5.58 Å². The third-order valence-electron chi connectivity index (χ3n) is 5.03. The van der Waals surface area contributed by atoms with Crippen LogP contribution < -0.4 is 10.6 Å². The summed E-state index contributed by atoms with van der Waals surface area (Å²) in [5.74, 6) is 0.604. The Labute approximate surface area is 171 Å². The maximum absolute atomic E-state index is 13.4. The third kappa shape index (κ3) is 3.38. The largest absolute Gasteiger partial charge is 0.454 e. The van der Waals surface area contributed by atoms with Crippen LogP contribution in [0.4, 0.5) is 16.0 Å². The van der Waals surface area contributed by atoms with Crippen molar-refractivity contribution >= 4 is 43.6 Å². The number of nitrogens with zero attached hydrogens (tertiary/aromatic N) is 3. The first-order valence-corrected chi connectivity index (χ1v) is 10.9. The van der Waals surface area contributed by atoms with Gasteiger partial charge in [0.05, 0.1) is 6.20 Å². The summed E-state index contributed by atoms with van der Waals surface area (Å²) in [5, 5.41) is 7.77. The first-order chi connectivity index (χ1) is 14.5. The highest BCUT2D eigenvalue weighted by Crippen LogP contribution is 2.30. The van der Waals surface area contributed by atoms with E-state index in [1.165, 1.54) is 28.7 Å². The van der Waals surface area contributed by atoms with Crippen LogP contribution in [0.3, 0.4) is 0 Å². The van der Waals surface area contributed by atoms with Gasteiger partial charge in [-0.25, -0.2) is 22.8 Å². The van der Waals surface area contributed by atoms with Crippen LogP contribution in [0.15, 0.2) is 58.1 Å². The summed E-state index contributed by atoms with van der Waals surface area (Å²) < 4.78 is 45.9. The van der Waals surface area contributed by atoms with Crippen molar-refractivity contribution in [1.82, 2.24) is 19.6 Å². The molecule has 0 atom stereocenters. The summed E-state index contributed by atoms with van der Waals surface area (Å²) in [4.78, 5) is 8.68. The Kier molecular flexibility index (Phi) is 4.61. The lowest BCUT2D eigenvalue weighted by atomic mass is 10.2. The van der Waals surface area contributed by atoms with Crippen LogP contribution in [0.2, 0.25) is 0 Å². The SMILES string of the molecule is O=S(=O)(c1ccc(Nc2cc3c(cn2)oc2cc(F)ccc23)nc1)N1CCNCC1. The average Bonchev–Trinajstić information content (AvgIpc) is 3.11. The second-order valence-corrected chi connectivity index (χ2v) is 8.90. The molecule has 5 rings (SSSR count). The van der Waals surface area contributed by atoms with Gasteiger partial charge in [0.2, 0.25) is 10.0 Å². The number of furan rings is 1. The normalized spacial score (nSPS) is 15.6. The summed E-state index contributed by atoms with van der Waals surface area (Å²) >= 11 is 0. The number of hydrogen-bond donors (Lipinski definition) is 2. The Hall–Kier alpha value is -3.08. The van der Waals surface area contributed by atoms with Gasteiger partial charge in [-0.05, 0) is 30.3 Å². The summed E-state index contributed by atoms with van der Waals surface area (Å²) in [6, 6.07) is 9.29. The molecular weight excluding hydrogens is 409 g/mol. The van der Waals surface area contributed by atoms with E-state index >= 15 is 0 Å². The van der Waals surface area contributed by atoms with E-state index in [2.05, 4.69) is 20.6 Å². The maximum atomic E-state index is 13.4. The van der Waals surface area contributed by atoms with E-state index in [1.54, 1.807) is 24.4 Å². The zero-order valence-electron chi connectivity index (χ0n) is 15.8. The Morgan fingerprint density at radius 3 is 2.53 bits per heavy atom. The van der Waals surface area contributed by atoms with Gasteiger partial charge in [0, 0.05) is 49.2 Å². The predicted molar refractivity (Wildman–Crippen MR) is 111 cm³/mol. The highest BCUT2D eigenvalue weighted by molar-refractivity contribution is 7.89. The third-order valence-corrected chi connectivity index (χ3v) is 6.91. The van der Waals surface area contributed by atoms with Gasteiger partial charge in [-0.1, -0.05) is 0 Å². The molecule has 3 aromatic heterocycles. The van der Waals surface area contributed by atoms with Crippen LogP contribution in [0.25, 0.3) is 21.9 Å². The molecule has 8 nitrogen and oxygen atoms in total. The molecule has 0 aliphatic carbocycles. The first kappa shape index (κ1) is 18.9. The van der Waals surface area contributed by atoms with Crippen molar-refractivity contribution in [3.8, 4) is 0 Å². The van der Waals surface area contributed by atoms with Crippen molar-refractivity contribution < 1.29 is 17.2 Å². The molecule has 4 heterocycles. The highest BCUT2D eigenvalue weighted by Gasteiger charge is 2.26. The number of aromatic nitrogens is 2. The Morgan fingerprint density at radius 1 is 0.967 bits per heavy atom. The lowest BCUT2D eigenvalue weighted by molar-refractivity contribution is 0.360. The molecule has 0 saturated carbocycles. The van der Waals surface area contributed by atoms with Crippen LogP contribution in [-0.4, -0.2) is 48.9 Å². The number of sulfonamides is 1. The van der Waals surface area contributed by atoms with Gasteiger partial charge in [-0.3, -0.25) is 0 Å². The van der Waals surface area contributed by atoms with Crippen molar-refractivity contribution in [1.29, 1.82) is 0 Å². The number of piperazine rings is 1. The number of nitrogens with one attached hydrogen (secondary N) is 2. The van der Waals surface area contributed by atoms with Gasteiger partial charge < -0.3 is 15.1 Å². The van der Waals surface area contributed by atoms with Crippen LogP contribution in [0, 0.1) is 5.82 Å². The number of benzene rings is 1. The molecule has 0 spiro atoms. The van der Waals surface area contributed by atoms with Crippen molar-refractivity contribution in [2.45, 2.75) is 4.90 Å². The van der Waals surface area contributed by atoms with E-state index in [-0.39, 0.29) is 10.7 Å². The minimum absolute atomic E-state index is 0.154. The molecule has 30 heavy (non-hydrogen) atoms. The number of anilines is 2. The molecule has 1 aromatic carbocycles. The van der Waals surface area contributed by atoms with Crippen LogP contribution in [0.5, 0.6) is 0 Å². The molecule has 1 aliphatic rings. The van der Waals surface area contributed by atoms with Crippen LogP contribution in [0.1, 0.15) is 0 Å². The fraction of sp³-hybridized carbons (Fsp3) is 0.200. The fourth-order valence-corrected chi connectivity index (χ4v) is 4.88. The van der Waals surface area contributed by atoms with Gasteiger partial charge >= 0.3 is 0 Å². The number of rotatable bonds is 4. The van der Waals surface area contributed by atoms with E-state index in [9.17, 15) is 12.8 Å². The van der Waals surface area contributed by atoms with E-state index in [4.69, 9.17) is 4.42 Å². The molecule has 154 valence electrons. The maximum Gasteiger partial charge on any atom is 0.244 e. The lowest BCUT2D eigenvalue weighted by Gasteiger charge is -2.26. The highest BCUT2D eigenvalue weighted by atomic mass is 32.2. The summed E-state index contributed by atoms with van der Waals surface area (Å²) in [6.07, 6.45) is 2.90. The quantitative estimate of drug-likeness (QED) is 0.517. The molecule has 1 fully saturated rings. The average molecular weight is 427 g/mol. The van der Waals surface area contributed by atoms with Crippen LogP contribution >= 0.6 is 0 Å². The molecule has 0 bridgehead atoms. The summed E-state index contributed by atoms with van der Waals surface area (Å²) in [7, 11) is -3.56. The Morgan fingerprint density at radius 2 is 1.77 bits per heavy atom. The number of pyridine rings is 2. The second kappa shape index (κ2) is 7.31. The van der Waals surface area contributed by atoms with Gasteiger partial charge in [-0.2, -0.15) is 4.31 Å². The number of halogens is 1. The lowest BCUT2D eigenvalue weighted by Crippen LogP contribution is -2.46. The fourth-order valence-electron chi connectivity index (χ4n) is 3.50. The van der Waals surface area contributed by atoms with Crippen molar-refractivity contribution in [2.75, 3.05) is 31.5 Å². The molecule has 0 radical (unpaired) electrons. The van der Waals surface area contributed by atoms with Gasteiger partial charge in [-0.15, -0.1) is 0 Å². The van der Waals surface area contributed by atoms with Gasteiger partial charge in [0.25, 0.3) is 0 Å². The monoisotopic (exact) mass is 427 g/mol. The molecule has 2 N–H and O–H groups in total. The molecule has 10 heteroatoms. The van der Waals surface area contributed by atoms with Crippen molar-refractivity contribution in [2.24, 2.45) is 0 Å². The first-order valence-electron chi connectivity index (χ1n) is 9.42. The minimum Gasteiger partial charge on any atom is -0.454 e. The Bertz CT molecular complexity index is 1330. The summed E-state index contributed by atoms with van der Waals surface area (Å²) in [5.41, 5.74) is 0.996. The smallest absolute Gasteiger partial charge is 0.244 e. The summed E-state index contributed by atoms with van der Waals surface area (Å²) in [6.45, 7) is 2.15. The second-order valence-electron chi connectivity index (χ2n) is 6.97.